The third kappa shape index (κ3) is 3.90. The highest BCUT2D eigenvalue weighted by Crippen LogP contribution is 2.27. The second-order valence-electron chi connectivity index (χ2n) is 7.43. The molecule has 0 atom stereocenters. The smallest absolute Gasteiger partial charge is 0.330 e. The highest BCUT2D eigenvalue weighted by molar-refractivity contribution is 14.1. The second kappa shape index (κ2) is 8.62. The molecule has 3 aromatic heterocycles. The monoisotopic (exact) mass is 557 g/mol. The minimum atomic E-state index is -0.448. The standard InChI is InChI=1S/C23H20IN5O2S/c1-2-28-18(13-32-19-11-15-5-3-4-6-17(15)25-19)26-21-20(28)22(30)27-23(31)29(21)12-14-7-9-16(24)10-8-14/h3-11,25H,2,12-13H2,1H3,(H,27,30,31). The van der Waals surface area contributed by atoms with E-state index in [-0.39, 0.29) is 0 Å². The fraction of sp³-hybridized carbons (Fsp3) is 0.174. The maximum Gasteiger partial charge on any atom is 0.330 e. The number of halogens is 1. The first-order valence-electron chi connectivity index (χ1n) is 10.2. The first kappa shape index (κ1) is 21.1. The number of hydrogen-bond donors (Lipinski definition) is 2. The van der Waals surface area contributed by atoms with Gasteiger partial charge in [-0.15, -0.1) is 11.8 Å². The molecule has 0 bridgehead atoms. The van der Waals surface area contributed by atoms with E-state index in [0.717, 1.165) is 30.9 Å². The number of hydrogen-bond acceptors (Lipinski definition) is 4. The van der Waals surface area contributed by atoms with Crippen molar-refractivity contribution in [3.63, 3.8) is 0 Å². The van der Waals surface area contributed by atoms with Crippen LogP contribution in [0.5, 0.6) is 0 Å². The van der Waals surface area contributed by atoms with Crippen LogP contribution in [0.15, 0.2) is 69.2 Å². The van der Waals surface area contributed by atoms with E-state index in [0.29, 0.717) is 30.0 Å². The highest BCUT2D eigenvalue weighted by atomic mass is 127. The molecule has 7 nitrogen and oxygen atoms in total. The molecule has 0 spiro atoms. The van der Waals surface area contributed by atoms with Crippen molar-refractivity contribution in [2.75, 3.05) is 0 Å². The molecule has 9 heteroatoms. The fourth-order valence-electron chi connectivity index (χ4n) is 3.85. The quantitative estimate of drug-likeness (QED) is 0.240. The maximum absolute atomic E-state index is 12.7. The molecule has 0 amide bonds. The van der Waals surface area contributed by atoms with Crippen molar-refractivity contribution in [1.82, 2.24) is 24.1 Å². The van der Waals surface area contributed by atoms with Crippen molar-refractivity contribution in [3.05, 3.63) is 90.4 Å². The topological polar surface area (TPSA) is 88.5 Å². The Kier molecular flexibility index (Phi) is 5.68. The summed E-state index contributed by atoms with van der Waals surface area (Å²) in [7, 11) is 0. The summed E-state index contributed by atoms with van der Waals surface area (Å²) < 4.78 is 4.56. The lowest BCUT2D eigenvalue weighted by atomic mass is 10.2. The Morgan fingerprint density at radius 1 is 1.03 bits per heavy atom. The lowest BCUT2D eigenvalue weighted by Gasteiger charge is -2.07. The number of thioether (sulfide) groups is 1. The van der Waals surface area contributed by atoms with Gasteiger partial charge in [0.2, 0.25) is 0 Å². The van der Waals surface area contributed by atoms with Gasteiger partial charge in [0.25, 0.3) is 5.56 Å². The van der Waals surface area contributed by atoms with Crippen LogP contribution in [0.1, 0.15) is 18.3 Å². The van der Waals surface area contributed by atoms with Crippen molar-refractivity contribution in [2.24, 2.45) is 0 Å². The minimum Gasteiger partial charge on any atom is -0.350 e. The van der Waals surface area contributed by atoms with Crippen molar-refractivity contribution in [3.8, 4) is 0 Å². The lowest BCUT2D eigenvalue weighted by Crippen LogP contribution is -2.31. The van der Waals surface area contributed by atoms with Crippen LogP contribution in [-0.4, -0.2) is 24.1 Å². The van der Waals surface area contributed by atoms with Crippen molar-refractivity contribution < 1.29 is 0 Å². The van der Waals surface area contributed by atoms with Gasteiger partial charge in [0.15, 0.2) is 11.2 Å². The third-order valence-corrected chi connectivity index (χ3v) is 7.05. The van der Waals surface area contributed by atoms with Crippen LogP contribution >= 0.6 is 34.4 Å². The van der Waals surface area contributed by atoms with Crippen LogP contribution in [0, 0.1) is 3.57 Å². The molecule has 2 aromatic carbocycles. The summed E-state index contributed by atoms with van der Waals surface area (Å²) >= 11 is 3.87. The van der Waals surface area contributed by atoms with Gasteiger partial charge in [-0.25, -0.2) is 9.78 Å². The molecule has 0 saturated carbocycles. The molecule has 32 heavy (non-hydrogen) atoms. The number of benzene rings is 2. The summed E-state index contributed by atoms with van der Waals surface area (Å²) in [5.41, 5.74) is 2.07. The third-order valence-electron chi connectivity index (χ3n) is 5.40. The molecular formula is C23H20IN5O2S. The van der Waals surface area contributed by atoms with E-state index in [1.165, 1.54) is 0 Å². The Morgan fingerprint density at radius 2 is 1.81 bits per heavy atom. The summed E-state index contributed by atoms with van der Waals surface area (Å²) in [6.45, 7) is 2.91. The molecule has 0 aliphatic heterocycles. The number of aromatic amines is 2. The Hall–Kier alpha value is -2.79. The van der Waals surface area contributed by atoms with Crippen molar-refractivity contribution in [2.45, 2.75) is 30.8 Å². The first-order valence-corrected chi connectivity index (χ1v) is 12.3. The van der Waals surface area contributed by atoms with E-state index < -0.39 is 11.2 Å². The molecule has 0 radical (unpaired) electrons. The van der Waals surface area contributed by atoms with Crippen LogP contribution in [-0.2, 0) is 18.8 Å². The zero-order chi connectivity index (χ0) is 22.2. The van der Waals surface area contributed by atoms with Crippen molar-refractivity contribution in [1.29, 1.82) is 0 Å². The first-order chi connectivity index (χ1) is 15.5. The molecule has 0 unspecified atom stereocenters. The Balaban J connectivity index is 1.54. The number of para-hydroxylation sites is 1. The maximum atomic E-state index is 12.7. The molecule has 3 heterocycles. The predicted molar refractivity (Wildman–Crippen MR) is 136 cm³/mol. The summed E-state index contributed by atoms with van der Waals surface area (Å²) in [5, 5.41) is 2.19. The van der Waals surface area contributed by atoms with Gasteiger partial charge in [-0.1, -0.05) is 30.3 Å². The summed E-state index contributed by atoms with van der Waals surface area (Å²) in [6.07, 6.45) is 0. The Labute approximate surface area is 201 Å². The second-order valence-corrected chi connectivity index (χ2v) is 9.69. The SMILES string of the molecule is CCn1c(CSc2cc3ccccc3[nH]2)nc2c1c(=O)[nH]c(=O)n2Cc1ccc(I)cc1. The average molecular weight is 557 g/mol. The highest BCUT2D eigenvalue weighted by Gasteiger charge is 2.18. The lowest BCUT2D eigenvalue weighted by molar-refractivity contribution is 0.736. The van der Waals surface area contributed by atoms with E-state index in [1.807, 2.05) is 54.0 Å². The number of nitrogens with zero attached hydrogens (tertiary/aromatic N) is 3. The van der Waals surface area contributed by atoms with Gasteiger partial charge in [-0.05, 0) is 59.3 Å². The molecule has 5 aromatic rings. The van der Waals surface area contributed by atoms with Crippen LogP contribution in [0.3, 0.4) is 0 Å². The summed E-state index contributed by atoms with van der Waals surface area (Å²) in [6, 6.07) is 18.2. The van der Waals surface area contributed by atoms with E-state index >= 15 is 0 Å². The van der Waals surface area contributed by atoms with Gasteiger partial charge in [0.1, 0.15) is 5.82 Å². The molecular weight excluding hydrogens is 537 g/mol. The van der Waals surface area contributed by atoms with Crippen LogP contribution < -0.4 is 11.2 Å². The van der Waals surface area contributed by atoms with Crippen LogP contribution in [0.4, 0.5) is 0 Å². The zero-order valence-corrected chi connectivity index (χ0v) is 20.2. The van der Waals surface area contributed by atoms with Gasteiger partial charge in [-0.3, -0.25) is 14.3 Å². The number of rotatable bonds is 6. The molecule has 0 fully saturated rings. The molecule has 0 saturated heterocycles. The van der Waals surface area contributed by atoms with Crippen LogP contribution in [0.25, 0.3) is 22.1 Å². The summed E-state index contributed by atoms with van der Waals surface area (Å²) in [5.74, 6) is 1.34. The van der Waals surface area contributed by atoms with Crippen LogP contribution in [0.2, 0.25) is 0 Å². The fourth-order valence-corrected chi connectivity index (χ4v) is 5.11. The number of aromatic nitrogens is 5. The van der Waals surface area contributed by atoms with E-state index in [4.69, 9.17) is 4.98 Å². The predicted octanol–water partition coefficient (Wildman–Crippen LogP) is 4.33. The molecule has 162 valence electrons. The van der Waals surface area contributed by atoms with Gasteiger partial charge >= 0.3 is 5.69 Å². The number of H-pyrrole nitrogens is 2. The summed E-state index contributed by atoms with van der Waals surface area (Å²) in [4.78, 5) is 36.0. The van der Waals surface area contributed by atoms with E-state index in [1.54, 1.807) is 16.3 Å². The molecule has 5 rings (SSSR count). The minimum absolute atomic E-state index is 0.346. The molecule has 0 aliphatic carbocycles. The largest absolute Gasteiger partial charge is 0.350 e. The molecule has 2 N–H and O–H groups in total. The van der Waals surface area contributed by atoms with E-state index in [9.17, 15) is 9.59 Å². The number of aryl methyl sites for hydroxylation is 1. The number of imidazole rings is 1. The van der Waals surface area contributed by atoms with E-state index in [2.05, 4.69) is 44.7 Å². The normalized spacial score (nSPS) is 11.6. The van der Waals surface area contributed by atoms with Gasteiger partial charge < -0.3 is 9.55 Å². The number of fused-ring (bicyclic) bond motifs is 2. The van der Waals surface area contributed by atoms with Gasteiger partial charge in [-0.2, -0.15) is 0 Å². The molecule has 0 aliphatic rings. The Bertz CT molecular complexity index is 1510. The van der Waals surface area contributed by atoms with Gasteiger partial charge in [0, 0.05) is 21.0 Å². The van der Waals surface area contributed by atoms with Crippen molar-refractivity contribution >= 4 is 56.4 Å². The van der Waals surface area contributed by atoms with Gasteiger partial charge in [0.05, 0.1) is 17.3 Å². The zero-order valence-electron chi connectivity index (χ0n) is 17.3. The number of nitrogens with one attached hydrogen (secondary N) is 2. The Morgan fingerprint density at radius 3 is 2.56 bits per heavy atom. The average Bonchev–Trinajstić information content (AvgIpc) is 3.37.